The minimum atomic E-state index is 0.207. The number of nitrogens with one attached hydrogen (secondary N) is 1. The number of nitrogens with zero attached hydrogens (tertiary/aromatic N) is 1. The van der Waals surface area contributed by atoms with Crippen molar-refractivity contribution < 1.29 is 4.74 Å². The van der Waals surface area contributed by atoms with E-state index < -0.39 is 0 Å². The number of hydrogen-bond acceptors (Lipinski definition) is 3. The molecule has 1 aromatic rings. The zero-order chi connectivity index (χ0) is 15.8. The lowest BCUT2D eigenvalue weighted by Crippen LogP contribution is -2.35. The lowest BCUT2D eigenvalue weighted by Gasteiger charge is -2.27. The molecular weight excluding hydrogens is 307 g/mol. The maximum atomic E-state index is 6.35. The summed E-state index contributed by atoms with van der Waals surface area (Å²) in [4.78, 5) is 2.30. The summed E-state index contributed by atoms with van der Waals surface area (Å²) in [6.07, 6.45) is 0.971. The smallest absolute Gasteiger partial charge is 0.0640 e. The molecule has 1 rings (SSSR count). The Hall–Kier alpha value is -0.320. The van der Waals surface area contributed by atoms with E-state index in [0.717, 1.165) is 31.7 Å². The van der Waals surface area contributed by atoms with Gasteiger partial charge in [-0.2, -0.15) is 0 Å². The van der Waals surface area contributed by atoms with Gasteiger partial charge in [-0.15, -0.1) is 0 Å². The highest BCUT2D eigenvalue weighted by molar-refractivity contribution is 6.42. The van der Waals surface area contributed by atoms with Crippen molar-refractivity contribution in [3.63, 3.8) is 0 Å². The molecule has 5 heteroatoms. The van der Waals surface area contributed by atoms with Crippen LogP contribution in [-0.2, 0) is 4.74 Å². The lowest BCUT2D eigenvalue weighted by molar-refractivity contribution is 0.113. The van der Waals surface area contributed by atoms with Gasteiger partial charge < -0.3 is 15.0 Å². The second-order valence-corrected chi connectivity index (χ2v) is 6.11. The molecule has 0 aliphatic rings. The number of benzene rings is 1. The summed E-state index contributed by atoms with van der Waals surface area (Å²) in [5.74, 6) is 0. The second kappa shape index (κ2) is 9.65. The van der Waals surface area contributed by atoms with Crippen molar-refractivity contribution in [3.05, 3.63) is 33.8 Å². The van der Waals surface area contributed by atoms with E-state index in [2.05, 4.69) is 31.1 Å². The van der Waals surface area contributed by atoms with E-state index in [9.17, 15) is 0 Å². The molecule has 0 heterocycles. The number of rotatable bonds is 9. The van der Waals surface area contributed by atoms with Gasteiger partial charge in [0.1, 0.15) is 0 Å². The van der Waals surface area contributed by atoms with E-state index in [1.807, 2.05) is 18.2 Å². The first kappa shape index (κ1) is 18.7. The van der Waals surface area contributed by atoms with Crippen molar-refractivity contribution in [1.82, 2.24) is 10.2 Å². The summed E-state index contributed by atoms with van der Waals surface area (Å²) in [6, 6.07) is 6.42. The van der Waals surface area contributed by atoms with Crippen molar-refractivity contribution >= 4 is 23.2 Å². The van der Waals surface area contributed by atoms with Crippen LogP contribution < -0.4 is 5.32 Å². The second-order valence-electron chi connectivity index (χ2n) is 5.33. The Bertz CT molecular complexity index is 429. The van der Waals surface area contributed by atoms with Crippen LogP contribution in [0.2, 0.25) is 10.0 Å². The highest BCUT2D eigenvalue weighted by atomic mass is 35.5. The fourth-order valence-corrected chi connectivity index (χ4v) is 2.76. The predicted octanol–water partition coefficient (Wildman–Crippen LogP) is 4.00. The van der Waals surface area contributed by atoms with E-state index >= 15 is 0 Å². The Morgan fingerprint density at radius 2 is 2.05 bits per heavy atom. The van der Waals surface area contributed by atoms with Gasteiger partial charge in [0.2, 0.25) is 0 Å². The minimum Gasteiger partial charge on any atom is -0.383 e. The third-order valence-electron chi connectivity index (χ3n) is 3.74. The number of halogens is 2. The molecule has 2 unspecified atom stereocenters. The van der Waals surface area contributed by atoms with Crippen LogP contribution in [0.25, 0.3) is 0 Å². The highest BCUT2D eigenvalue weighted by Crippen LogP contribution is 2.31. The van der Waals surface area contributed by atoms with Gasteiger partial charge in [-0.05, 0) is 38.6 Å². The van der Waals surface area contributed by atoms with Crippen LogP contribution in [0.15, 0.2) is 18.2 Å². The number of ether oxygens (including phenoxy) is 1. The van der Waals surface area contributed by atoms with Gasteiger partial charge in [-0.3, -0.25) is 0 Å². The van der Waals surface area contributed by atoms with Crippen LogP contribution in [0.4, 0.5) is 0 Å². The topological polar surface area (TPSA) is 24.5 Å². The van der Waals surface area contributed by atoms with Gasteiger partial charge in [0.15, 0.2) is 0 Å². The Labute approximate surface area is 138 Å². The molecule has 0 saturated carbocycles. The summed E-state index contributed by atoms with van der Waals surface area (Å²) in [5, 5.41) is 4.75. The molecule has 0 saturated heterocycles. The SMILES string of the molecule is CCNC(CCN(C)C(C)COC)c1cccc(Cl)c1Cl. The molecule has 2 atom stereocenters. The molecule has 0 fully saturated rings. The van der Waals surface area contributed by atoms with Gasteiger partial charge in [-0.25, -0.2) is 0 Å². The van der Waals surface area contributed by atoms with Crippen LogP contribution >= 0.6 is 23.2 Å². The van der Waals surface area contributed by atoms with Gasteiger partial charge in [0.25, 0.3) is 0 Å². The molecule has 0 amide bonds. The zero-order valence-corrected chi connectivity index (χ0v) is 14.8. The first-order valence-electron chi connectivity index (χ1n) is 7.37. The number of methoxy groups -OCH3 is 1. The first-order chi connectivity index (χ1) is 10.0. The summed E-state index contributed by atoms with van der Waals surface area (Å²) in [6.45, 7) is 6.86. The van der Waals surface area contributed by atoms with Gasteiger partial charge in [0, 0.05) is 25.7 Å². The number of likely N-dealkylation sites (N-methyl/N-ethyl adjacent to an activating group) is 1. The van der Waals surface area contributed by atoms with Crippen molar-refractivity contribution in [2.24, 2.45) is 0 Å². The van der Waals surface area contributed by atoms with Gasteiger partial charge in [-0.1, -0.05) is 42.3 Å². The standard InChI is InChI=1S/C16H26Cl2N2O/c1-5-19-15(9-10-20(3)12(2)11-21-4)13-7-6-8-14(17)16(13)18/h6-8,12,15,19H,5,9-11H2,1-4H3. The summed E-state index contributed by atoms with van der Waals surface area (Å²) in [5.41, 5.74) is 1.07. The van der Waals surface area contributed by atoms with E-state index in [-0.39, 0.29) is 6.04 Å². The molecule has 0 bridgehead atoms. The van der Waals surface area contributed by atoms with Crippen molar-refractivity contribution in [2.75, 3.05) is 33.9 Å². The first-order valence-corrected chi connectivity index (χ1v) is 8.13. The molecule has 3 nitrogen and oxygen atoms in total. The molecule has 0 radical (unpaired) electrons. The summed E-state index contributed by atoms with van der Waals surface area (Å²) < 4.78 is 5.20. The van der Waals surface area contributed by atoms with Gasteiger partial charge in [0.05, 0.1) is 16.7 Å². The van der Waals surface area contributed by atoms with Crippen LogP contribution in [0, 0.1) is 0 Å². The summed E-state index contributed by atoms with van der Waals surface area (Å²) in [7, 11) is 3.85. The fraction of sp³-hybridized carbons (Fsp3) is 0.625. The van der Waals surface area contributed by atoms with Crippen LogP contribution in [0.3, 0.4) is 0 Å². The molecular formula is C16H26Cl2N2O. The molecule has 0 aliphatic heterocycles. The number of hydrogen-bond donors (Lipinski definition) is 1. The molecule has 1 aromatic carbocycles. The average Bonchev–Trinajstić information content (AvgIpc) is 2.46. The fourth-order valence-electron chi connectivity index (χ4n) is 2.33. The molecule has 0 spiro atoms. The summed E-state index contributed by atoms with van der Waals surface area (Å²) >= 11 is 12.5. The highest BCUT2D eigenvalue weighted by Gasteiger charge is 2.17. The van der Waals surface area contributed by atoms with E-state index in [1.54, 1.807) is 7.11 Å². The molecule has 0 aliphatic carbocycles. The third kappa shape index (κ3) is 5.76. The van der Waals surface area contributed by atoms with Crippen LogP contribution in [0.1, 0.15) is 31.9 Å². The molecule has 0 aromatic heterocycles. The predicted molar refractivity (Wildman–Crippen MR) is 91.5 cm³/mol. The largest absolute Gasteiger partial charge is 0.383 e. The van der Waals surface area contributed by atoms with Crippen molar-refractivity contribution in [3.8, 4) is 0 Å². The van der Waals surface area contributed by atoms with Crippen LogP contribution in [-0.4, -0.2) is 44.8 Å². The Kier molecular flexibility index (Phi) is 8.60. The third-order valence-corrected chi connectivity index (χ3v) is 4.57. The van der Waals surface area contributed by atoms with Crippen molar-refractivity contribution in [1.29, 1.82) is 0 Å². The Balaban J connectivity index is 2.72. The lowest BCUT2D eigenvalue weighted by atomic mass is 10.0. The normalized spacial score (nSPS) is 14.4. The quantitative estimate of drug-likeness (QED) is 0.739. The van der Waals surface area contributed by atoms with Crippen LogP contribution in [0.5, 0.6) is 0 Å². The maximum Gasteiger partial charge on any atom is 0.0640 e. The molecule has 1 N–H and O–H groups in total. The monoisotopic (exact) mass is 332 g/mol. The van der Waals surface area contributed by atoms with Gasteiger partial charge >= 0.3 is 0 Å². The Morgan fingerprint density at radius 1 is 1.33 bits per heavy atom. The average molecular weight is 333 g/mol. The van der Waals surface area contributed by atoms with E-state index in [1.165, 1.54) is 0 Å². The van der Waals surface area contributed by atoms with E-state index in [0.29, 0.717) is 16.1 Å². The van der Waals surface area contributed by atoms with Crippen molar-refractivity contribution in [2.45, 2.75) is 32.4 Å². The Morgan fingerprint density at radius 3 is 2.67 bits per heavy atom. The van der Waals surface area contributed by atoms with E-state index in [4.69, 9.17) is 27.9 Å². The molecule has 21 heavy (non-hydrogen) atoms. The molecule has 120 valence electrons. The maximum absolute atomic E-state index is 6.35. The zero-order valence-electron chi connectivity index (χ0n) is 13.3. The minimum absolute atomic E-state index is 0.207.